The lowest BCUT2D eigenvalue weighted by atomic mass is 9.98. The van der Waals surface area contributed by atoms with E-state index in [4.69, 9.17) is 11.6 Å². The van der Waals surface area contributed by atoms with Gasteiger partial charge in [0, 0.05) is 5.02 Å². The number of hydrogen-bond acceptors (Lipinski definition) is 1. The number of carbonyl (C=O) groups is 1. The van der Waals surface area contributed by atoms with Gasteiger partial charge in [-0.15, -0.1) is 0 Å². The third-order valence-electron chi connectivity index (χ3n) is 2.89. The predicted molar refractivity (Wildman–Crippen MR) is 73.2 cm³/mol. The SMILES string of the molecule is CCc1ccc(-c2ccc(Cl)cc2C(=O)O)cc1. The van der Waals surface area contributed by atoms with Crippen molar-refractivity contribution in [1.29, 1.82) is 0 Å². The van der Waals surface area contributed by atoms with E-state index >= 15 is 0 Å². The zero-order chi connectivity index (χ0) is 13.1. The predicted octanol–water partition coefficient (Wildman–Crippen LogP) is 4.27. The number of benzene rings is 2. The summed E-state index contributed by atoms with van der Waals surface area (Å²) < 4.78 is 0. The fourth-order valence-electron chi connectivity index (χ4n) is 1.87. The molecule has 0 aliphatic heterocycles. The number of aromatic carboxylic acids is 1. The number of carboxylic acid groups (broad SMARTS) is 1. The Morgan fingerprint density at radius 2 is 1.83 bits per heavy atom. The monoisotopic (exact) mass is 260 g/mol. The molecule has 2 aromatic rings. The van der Waals surface area contributed by atoms with E-state index in [2.05, 4.69) is 6.92 Å². The first-order chi connectivity index (χ1) is 8.61. The maximum atomic E-state index is 11.2. The maximum absolute atomic E-state index is 11.2. The van der Waals surface area contributed by atoms with Gasteiger partial charge in [0.05, 0.1) is 5.56 Å². The van der Waals surface area contributed by atoms with Crippen molar-refractivity contribution in [2.24, 2.45) is 0 Å². The molecule has 0 saturated carbocycles. The van der Waals surface area contributed by atoms with Crippen LogP contribution in [0.15, 0.2) is 42.5 Å². The van der Waals surface area contributed by atoms with Gasteiger partial charge in [0.25, 0.3) is 0 Å². The van der Waals surface area contributed by atoms with Crippen molar-refractivity contribution in [3.63, 3.8) is 0 Å². The van der Waals surface area contributed by atoms with Crippen LogP contribution in [0.3, 0.4) is 0 Å². The summed E-state index contributed by atoms with van der Waals surface area (Å²) in [5.41, 5.74) is 3.03. The highest BCUT2D eigenvalue weighted by Crippen LogP contribution is 2.27. The number of aryl methyl sites for hydroxylation is 1. The van der Waals surface area contributed by atoms with Gasteiger partial charge >= 0.3 is 5.97 Å². The summed E-state index contributed by atoms with van der Waals surface area (Å²) in [4.78, 5) is 11.2. The molecule has 0 spiro atoms. The third-order valence-corrected chi connectivity index (χ3v) is 3.12. The second kappa shape index (κ2) is 5.23. The van der Waals surface area contributed by atoms with Crippen molar-refractivity contribution in [1.82, 2.24) is 0 Å². The van der Waals surface area contributed by atoms with E-state index in [1.165, 1.54) is 11.6 Å². The van der Waals surface area contributed by atoms with Crippen LogP contribution < -0.4 is 0 Å². The van der Waals surface area contributed by atoms with Crippen molar-refractivity contribution >= 4 is 17.6 Å². The number of halogens is 1. The summed E-state index contributed by atoms with van der Waals surface area (Å²) in [6, 6.07) is 12.8. The van der Waals surface area contributed by atoms with Crippen molar-refractivity contribution in [2.45, 2.75) is 13.3 Å². The molecule has 0 heterocycles. The van der Waals surface area contributed by atoms with Crippen molar-refractivity contribution in [3.05, 3.63) is 58.6 Å². The van der Waals surface area contributed by atoms with Gasteiger partial charge in [0.15, 0.2) is 0 Å². The first kappa shape index (κ1) is 12.7. The highest BCUT2D eigenvalue weighted by molar-refractivity contribution is 6.31. The van der Waals surface area contributed by atoms with Gasteiger partial charge in [-0.05, 0) is 35.2 Å². The van der Waals surface area contributed by atoms with E-state index in [1.54, 1.807) is 12.1 Å². The Labute approximate surface area is 111 Å². The van der Waals surface area contributed by atoms with Crippen LogP contribution in [0.1, 0.15) is 22.8 Å². The average Bonchev–Trinajstić information content (AvgIpc) is 2.39. The van der Waals surface area contributed by atoms with Crippen LogP contribution in [-0.2, 0) is 6.42 Å². The molecule has 0 bridgehead atoms. The molecule has 0 saturated heterocycles. The quantitative estimate of drug-likeness (QED) is 0.895. The minimum atomic E-state index is -0.966. The van der Waals surface area contributed by atoms with E-state index in [0.29, 0.717) is 10.6 Å². The Bertz CT molecular complexity index is 574. The molecule has 3 heteroatoms. The van der Waals surface area contributed by atoms with Crippen LogP contribution in [0.4, 0.5) is 0 Å². The van der Waals surface area contributed by atoms with E-state index in [9.17, 15) is 9.90 Å². The standard InChI is InChI=1S/C15H13ClO2/c1-2-10-3-5-11(6-4-10)13-8-7-12(16)9-14(13)15(17)18/h3-9H,2H2,1H3,(H,17,18). The number of carboxylic acids is 1. The lowest BCUT2D eigenvalue weighted by molar-refractivity contribution is 0.0697. The lowest BCUT2D eigenvalue weighted by Gasteiger charge is -2.07. The molecule has 0 fully saturated rings. The molecule has 2 aromatic carbocycles. The lowest BCUT2D eigenvalue weighted by Crippen LogP contribution is -1.99. The van der Waals surface area contributed by atoms with Crippen LogP contribution in [-0.4, -0.2) is 11.1 Å². The largest absolute Gasteiger partial charge is 0.478 e. The molecule has 0 unspecified atom stereocenters. The van der Waals surface area contributed by atoms with Crippen molar-refractivity contribution in [2.75, 3.05) is 0 Å². The second-order valence-electron chi connectivity index (χ2n) is 4.05. The molecule has 1 N–H and O–H groups in total. The van der Waals surface area contributed by atoms with Crippen LogP contribution in [0.5, 0.6) is 0 Å². The smallest absolute Gasteiger partial charge is 0.336 e. The van der Waals surface area contributed by atoms with Gasteiger partial charge in [0.2, 0.25) is 0 Å². The van der Waals surface area contributed by atoms with E-state index in [0.717, 1.165) is 12.0 Å². The molecule has 0 aromatic heterocycles. The zero-order valence-electron chi connectivity index (χ0n) is 9.98. The molecule has 18 heavy (non-hydrogen) atoms. The molecule has 0 amide bonds. The van der Waals surface area contributed by atoms with E-state index in [-0.39, 0.29) is 5.56 Å². The minimum absolute atomic E-state index is 0.228. The van der Waals surface area contributed by atoms with Crippen molar-refractivity contribution in [3.8, 4) is 11.1 Å². The molecule has 92 valence electrons. The van der Waals surface area contributed by atoms with E-state index < -0.39 is 5.97 Å². The molecular weight excluding hydrogens is 248 g/mol. The average molecular weight is 261 g/mol. The van der Waals surface area contributed by atoms with Crippen LogP contribution in [0.25, 0.3) is 11.1 Å². The summed E-state index contributed by atoms with van der Waals surface area (Å²) in [6.07, 6.45) is 0.965. The van der Waals surface area contributed by atoms with Gasteiger partial charge in [-0.1, -0.05) is 48.9 Å². The van der Waals surface area contributed by atoms with Gasteiger partial charge in [-0.25, -0.2) is 4.79 Å². The van der Waals surface area contributed by atoms with Crippen LogP contribution >= 0.6 is 11.6 Å². The van der Waals surface area contributed by atoms with E-state index in [1.807, 2.05) is 24.3 Å². The first-order valence-corrected chi connectivity index (χ1v) is 6.11. The molecule has 0 radical (unpaired) electrons. The number of hydrogen-bond donors (Lipinski definition) is 1. The summed E-state index contributed by atoms with van der Waals surface area (Å²) in [7, 11) is 0. The summed E-state index contributed by atoms with van der Waals surface area (Å²) in [6.45, 7) is 2.08. The zero-order valence-corrected chi connectivity index (χ0v) is 10.7. The third kappa shape index (κ3) is 2.54. The van der Waals surface area contributed by atoms with Gasteiger partial charge < -0.3 is 5.11 Å². The van der Waals surface area contributed by atoms with Gasteiger partial charge in [-0.3, -0.25) is 0 Å². The summed E-state index contributed by atoms with van der Waals surface area (Å²) in [5, 5.41) is 9.63. The Balaban J connectivity index is 2.52. The minimum Gasteiger partial charge on any atom is -0.478 e. The Morgan fingerprint density at radius 1 is 1.17 bits per heavy atom. The molecule has 0 aliphatic rings. The summed E-state index contributed by atoms with van der Waals surface area (Å²) >= 11 is 5.83. The first-order valence-electron chi connectivity index (χ1n) is 5.74. The molecule has 0 atom stereocenters. The normalized spacial score (nSPS) is 10.3. The Morgan fingerprint density at radius 3 is 2.39 bits per heavy atom. The number of rotatable bonds is 3. The maximum Gasteiger partial charge on any atom is 0.336 e. The second-order valence-corrected chi connectivity index (χ2v) is 4.48. The van der Waals surface area contributed by atoms with Crippen LogP contribution in [0, 0.1) is 0 Å². The Hall–Kier alpha value is -1.80. The highest BCUT2D eigenvalue weighted by Gasteiger charge is 2.12. The highest BCUT2D eigenvalue weighted by atomic mass is 35.5. The van der Waals surface area contributed by atoms with Crippen LogP contribution in [0.2, 0.25) is 5.02 Å². The van der Waals surface area contributed by atoms with Crippen molar-refractivity contribution < 1.29 is 9.90 Å². The fraction of sp³-hybridized carbons (Fsp3) is 0.133. The van der Waals surface area contributed by atoms with Gasteiger partial charge in [0.1, 0.15) is 0 Å². The topological polar surface area (TPSA) is 37.3 Å². The molecule has 2 nitrogen and oxygen atoms in total. The summed E-state index contributed by atoms with van der Waals surface area (Å²) in [5.74, 6) is -0.966. The fourth-order valence-corrected chi connectivity index (χ4v) is 2.04. The molecule has 2 rings (SSSR count). The molecule has 0 aliphatic carbocycles. The molecular formula is C15H13ClO2. The van der Waals surface area contributed by atoms with Gasteiger partial charge in [-0.2, -0.15) is 0 Å². The Kier molecular flexibility index (Phi) is 3.68.